The predicted molar refractivity (Wildman–Crippen MR) is 90.8 cm³/mol. The number of hydrogen-bond acceptors (Lipinski definition) is 2. The highest BCUT2D eigenvalue weighted by Crippen LogP contribution is 2.34. The average Bonchev–Trinajstić information content (AvgIpc) is 2.91. The molecule has 0 spiro atoms. The summed E-state index contributed by atoms with van der Waals surface area (Å²) in [7, 11) is 1.97. The van der Waals surface area contributed by atoms with Gasteiger partial charge >= 0.3 is 0 Å². The summed E-state index contributed by atoms with van der Waals surface area (Å²) in [5, 5.41) is 1.00. The zero-order chi connectivity index (χ0) is 14.4. The standard InChI is InChI=1S/C15H11Br2NOS/c1-8-3-4-9-10(7-18(2)12(9)5-8)14(19)13-6-11(16)15(17)20-13/h3-7H,1-2H3. The number of aromatic nitrogens is 1. The molecule has 0 aliphatic rings. The van der Waals surface area contributed by atoms with E-state index in [1.165, 1.54) is 16.9 Å². The van der Waals surface area contributed by atoms with Gasteiger partial charge in [-0.05, 0) is 56.5 Å². The summed E-state index contributed by atoms with van der Waals surface area (Å²) < 4.78 is 3.87. The molecule has 0 saturated heterocycles. The third-order valence-electron chi connectivity index (χ3n) is 3.26. The van der Waals surface area contributed by atoms with Crippen molar-refractivity contribution in [2.75, 3.05) is 0 Å². The number of benzene rings is 1. The Bertz CT molecular complexity index is 812. The normalized spacial score (nSPS) is 11.2. The predicted octanol–water partition coefficient (Wildman–Crippen LogP) is 5.30. The van der Waals surface area contributed by atoms with Crippen LogP contribution in [0.1, 0.15) is 20.8 Å². The first kappa shape index (κ1) is 14.0. The number of aryl methyl sites for hydroxylation is 2. The lowest BCUT2D eigenvalue weighted by Crippen LogP contribution is -1.97. The van der Waals surface area contributed by atoms with Crippen LogP contribution < -0.4 is 0 Å². The Morgan fingerprint density at radius 1 is 1.25 bits per heavy atom. The fraction of sp³-hybridized carbons (Fsp3) is 0.133. The smallest absolute Gasteiger partial charge is 0.205 e. The number of rotatable bonds is 2. The Hall–Kier alpha value is -0.910. The number of fused-ring (bicyclic) bond motifs is 1. The highest BCUT2D eigenvalue weighted by Gasteiger charge is 2.18. The van der Waals surface area contributed by atoms with Crippen LogP contribution >= 0.6 is 43.2 Å². The number of carbonyl (C=O) groups is 1. The zero-order valence-electron chi connectivity index (χ0n) is 10.9. The summed E-state index contributed by atoms with van der Waals surface area (Å²) in [6.45, 7) is 2.06. The molecule has 0 unspecified atom stereocenters. The molecule has 0 aliphatic heterocycles. The second kappa shape index (κ2) is 5.13. The molecule has 5 heteroatoms. The number of carbonyl (C=O) groups excluding carboxylic acids is 1. The lowest BCUT2D eigenvalue weighted by atomic mass is 10.1. The maximum Gasteiger partial charge on any atom is 0.205 e. The van der Waals surface area contributed by atoms with Crippen LogP contribution in [0.5, 0.6) is 0 Å². The zero-order valence-corrected chi connectivity index (χ0v) is 14.9. The molecule has 2 heterocycles. The number of ketones is 1. The third kappa shape index (κ3) is 2.28. The molecule has 3 aromatic rings. The highest BCUT2D eigenvalue weighted by molar-refractivity contribution is 9.13. The first-order valence-electron chi connectivity index (χ1n) is 6.02. The van der Waals surface area contributed by atoms with Crippen molar-refractivity contribution < 1.29 is 4.79 Å². The maximum absolute atomic E-state index is 12.7. The maximum atomic E-state index is 12.7. The van der Waals surface area contributed by atoms with Gasteiger partial charge in [0.2, 0.25) is 5.78 Å². The number of hydrogen-bond donors (Lipinski definition) is 0. The Morgan fingerprint density at radius 2 is 2.00 bits per heavy atom. The number of thiophene rings is 1. The molecule has 3 rings (SSSR count). The summed E-state index contributed by atoms with van der Waals surface area (Å²) in [4.78, 5) is 13.4. The van der Waals surface area contributed by atoms with E-state index in [9.17, 15) is 4.79 Å². The molecule has 0 fully saturated rings. The van der Waals surface area contributed by atoms with E-state index in [1.54, 1.807) is 0 Å². The molecule has 2 nitrogen and oxygen atoms in total. The van der Waals surface area contributed by atoms with Crippen LogP contribution in [0.25, 0.3) is 10.9 Å². The highest BCUT2D eigenvalue weighted by atomic mass is 79.9. The fourth-order valence-corrected chi connectivity index (χ4v) is 4.26. The van der Waals surface area contributed by atoms with E-state index in [0.29, 0.717) is 0 Å². The number of halogens is 2. The minimum absolute atomic E-state index is 0.0656. The van der Waals surface area contributed by atoms with Crippen molar-refractivity contribution in [1.29, 1.82) is 0 Å². The van der Waals surface area contributed by atoms with Crippen molar-refractivity contribution in [3.63, 3.8) is 0 Å². The van der Waals surface area contributed by atoms with E-state index in [2.05, 4.69) is 44.8 Å². The Morgan fingerprint density at radius 3 is 2.65 bits per heavy atom. The van der Waals surface area contributed by atoms with E-state index in [0.717, 1.165) is 29.6 Å². The third-order valence-corrected chi connectivity index (χ3v) is 6.51. The van der Waals surface area contributed by atoms with Crippen LogP contribution in [-0.2, 0) is 7.05 Å². The topological polar surface area (TPSA) is 22.0 Å². The summed E-state index contributed by atoms with van der Waals surface area (Å²) in [6.07, 6.45) is 1.91. The Kier molecular flexibility index (Phi) is 3.60. The quantitative estimate of drug-likeness (QED) is 0.523. The van der Waals surface area contributed by atoms with Gasteiger partial charge in [-0.25, -0.2) is 0 Å². The van der Waals surface area contributed by atoms with Gasteiger partial charge in [0.05, 0.1) is 8.66 Å². The molecule has 0 N–H and O–H groups in total. The second-order valence-electron chi connectivity index (χ2n) is 4.74. The van der Waals surface area contributed by atoms with Crippen molar-refractivity contribution in [2.24, 2.45) is 7.05 Å². The van der Waals surface area contributed by atoms with Gasteiger partial charge in [0.25, 0.3) is 0 Å². The molecule has 2 aromatic heterocycles. The summed E-state index contributed by atoms with van der Waals surface area (Å²) >= 11 is 8.31. The van der Waals surface area contributed by atoms with Gasteiger partial charge in [-0.2, -0.15) is 0 Å². The van der Waals surface area contributed by atoms with Gasteiger partial charge in [-0.15, -0.1) is 11.3 Å². The van der Waals surface area contributed by atoms with E-state index in [4.69, 9.17) is 0 Å². The fourth-order valence-electron chi connectivity index (χ4n) is 2.27. The van der Waals surface area contributed by atoms with Crippen LogP contribution in [0.2, 0.25) is 0 Å². The summed E-state index contributed by atoms with van der Waals surface area (Å²) in [5.41, 5.74) is 3.03. The van der Waals surface area contributed by atoms with Crippen LogP contribution in [0.4, 0.5) is 0 Å². The first-order chi connectivity index (χ1) is 9.47. The summed E-state index contributed by atoms with van der Waals surface area (Å²) in [6, 6.07) is 8.03. The molecule has 0 radical (unpaired) electrons. The molecule has 0 saturated carbocycles. The van der Waals surface area contributed by atoms with Crippen LogP contribution in [-0.4, -0.2) is 10.4 Å². The van der Waals surface area contributed by atoms with Gasteiger partial charge in [0.15, 0.2) is 0 Å². The second-order valence-corrected chi connectivity index (χ2v) is 7.96. The average molecular weight is 413 g/mol. The van der Waals surface area contributed by atoms with Gasteiger partial charge in [0.1, 0.15) is 0 Å². The molecular formula is C15H11Br2NOS. The van der Waals surface area contributed by atoms with E-state index in [-0.39, 0.29) is 5.78 Å². The van der Waals surface area contributed by atoms with Crippen LogP contribution in [0, 0.1) is 6.92 Å². The Balaban J connectivity index is 2.17. The van der Waals surface area contributed by atoms with E-state index >= 15 is 0 Å². The van der Waals surface area contributed by atoms with Crippen molar-refractivity contribution in [3.05, 3.63) is 54.7 Å². The molecule has 0 amide bonds. The molecule has 0 bridgehead atoms. The molecular weight excluding hydrogens is 402 g/mol. The van der Waals surface area contributed by atoms with Gasteiger partial charge < -0.3 is 4.57 Å². The van der Waals surface area contributed by atoms with E-state index < -0.39 is 0 Å². The number of nitrogens with zero attached hydrogens (tertiary/aromatic N) is 1. The molecule has 20 heavy (non-hydrogen) atoms. The van der Waals surface area contributed by atoms with Gasteiger partial charge in [-0.3, -0.25) is 4.79 Å². The molecule has 1 aromatic carbocycles. The van der Waals surface area contributed by atoms with Crippen molar-refractivity contribution in [2.45, 2.75) is 6.92 Å². The molecule has 0 aliphatic carbocycles. The minimum atomic E-state index is 0.0656. The van der Waals surface area contributed by atoms with Gasteiger partial charge in [0, 0.05) is 34.2 Å². The SMILES string of the molecule is Cc1ccc2c(C(=O)c3cc(Br)c(Br)s3)cn(C)c2c1. The van der Waals surface area contributed by atoms with Crippen molar-refractivity contribution in [3.8, 4) is 0 Å². The minimum Gasteiger partial charge on any atom is -0.350 e. The van der Waals surface area contributed by atoms with Crippen molar-refractivity contribution in [1.82, 2.24) is 4.57 Å². The van der Waals surface area contributed by atoms with E-state index in [1.807, 2.05) is 36.0 Å². The monoisotopic (exact) mass is 411 g/mol. The Labute approximate surface area is 137 Å². The molecule has 102 valence electrons. The van der Waals surface area contributed by atoms with Crippen LogP contribution in [0.3, 0.4) is 0 Å². The van der Waals surface area contributed by atoms with Crippen LogP contribution in [0.15, 0.2) is 38.7 Å². The summed E-state index contributed by atoms with van der Waals surface area (Å²) in [5.74, 6) is 0.0656. The molecule has 0 atom stereocenters. The lowest BCUT2D eigenvalue weighted by molar-refractivity contribution is 0.104. The van der Waals surface area contributed by atoms with Gasteiger partial charge in [-0.1, -0.05) is 12.1 Å². The first-order valence-corrected chi connectivity index (χ1v) is 8.43. The largest absolute Gasteiger partial charge is 0.350 e. The van der Waals surface area contributed by atoms with Crippen molar-refractivity contribution >= 4 is 59.9 Å². The lowest BCUT2D eigenvalue weighted by Gasteiger charge is -1.98.